The number of benzene rings is 1. The predicted octanol–water partition coefficient (Wildman–Crippen LogP) is 4.48. The first kappa shape index (κ1) is 10.5. The zero-order valence-electron chi connectivity index (χ0n) is 12.1. The minimum absolute atomic E-state index is 0.0131. The van der Waals surface area contributed by atoms with Crippen molar-refractivity contribution in [2.45, 2.75) is 50.4 Å². The minimum atomic E-state index is -0.951. The zero-order chi connectivity index (χ0) is 13.4. The zero-order valence-corrected chi connectivity index (χ0v) is 11.9. The molecule has 1 saturated heterocycles. The molecule has 0 aromatic heterocycles. The lowest BCUT2D eigenvalue weighted by Crippen LogP contribution is -2.47. The first-order valence-corrected chi connectivity index (χ1v) is 6.96. The second kappa shape index (κ2) is 3.10. The van der Waals surface area contributed by atoms with E-state index in [1.807, 2.05) is 23.9 Å². The van der Waals surface area contributed by atoms with Crippen molar-refractivity contribution in [2.24, 2.45) is 5.41 Å². The standard InChI is InChI=1S/C15H20OS/c1-13(2)12-10-8-6-7-9-11(10)15(5,16-12)17-14(13,3)4/h6-9,12H,1-5H3/t12-,15-/m1/s1/i12D. The van der Waals surface area contributed by atoms with Gasteiger partial charge >= 0.3 is 0 Å². The van der Waals surface area contributed by atoms with Crippen molar-refractivity contribution in [2.75, 3.05) is 0 Å². The summed E-state index contributed by atoms with van der Waals surface area (Å²) in [7, 11) is 0. The van der Waals surface area contributed by atoms with Gasteiger partial charge in [-0.15, -0.1) is 11.8 Å². The van der Waals surface area contributed by atoms with Crippen LogP contribution in [0.5, 0.6) is 0 Å². The van der Waals surface area contributed by atoms with Crippen molar-refractivity contribution in [1.29, 1.82) is 0 Å². The third kappa shape index (κ3) is 1.31. The van der Waals surface area contributed by atoms with Crippen LogP contribution in [0.3, 0.4) is 0 Å². The predicted molar refractivity (Wildman–Crippen MR) is 73.1 cm³/mol. The van der Waals surface area contributed by atoms with Crippen molar-refractivity contribution in [3.8, 4) is 0 Å². The summed E-state index contributed by atoms with van der Waals surface area (Å²) in [6, 6.07) is 8.21. The molecule has 2 aliphatic rings. The Balaban J connectivity index is 2.32. The van der Waals surface area contributed by atoms with Gasteiger partial charge in [-0.25, -0.2) is 0 Å². The molecule has 0 spiro atoms. The first-order valence-electron chi connectivity index (χ1n) is 6.64. The smallest absolute Gasteiger partial charge is 0.138 e. The molecule has 2 heteroatoms. The number of rotatable bonds is 0. The Hall–Kier alpha value is -0.470. The fourth-order valence-corrected chi connectivity index (χ4v) is 4.54. The lowest BCUT2D eigenvalue weighted by molar-refractivity contribution is -0.0912. The van der Waals surface area contributed by atoms with Crippen LogP contribution in [-0.4, -0.2) is 4.75 Å². The maximum absolute atomic E-state index is 8.94. The molecule has 0 unspecified atom stereocenters. The molecule has 0 saturated carbocycles. The Kier molecular flexibility index (Phi) is 1.91. The molecule has 2 bridgehead atoms. The van der Waals surface area contributed by atoms with Crippen molar-refractivity contribution >= 4 is 11.8 Å². The van der Waals surface area contributed by atoms with Crippen LogP contribution in [0, 0.1) is 5.41 Å². The van der Waals surface area contributed by atoms with Crippen molar-refractivity contribution in [1.82, 2.24) is 0 Å². The van der Waals surface area contributed by atoms with Gasteiger partial charge in [0.15, 0.2) is 0 Å². The maximum atomic E-state index is 8.94. The molecular formula is C15H20OS. The van der Waals surface area contributed by atoms with Gasteiger partial charge in [0.05, 0.1) is 7.45 Å². The molecule has 0 N–H and O–H groups in total. The highest BCUT2D eigenvalue weighted by molar-refractivity contribution is 8.01. The molecule has 2 atom stereocenters. The van der Waals surface area contributed by atoms with Gasteiger partial charge in [0.2, 0.25) is 0 Å². The largest absolute Gasteiger partial charge is 0.352 e. The first-order chi connectivity index (χ1) is 8.14. The molecule has 1 fully saturated rings. The SMILES string of the molecule is [2H][C@]12O[C@](C)(SC(C)(C)C1(C)C)c1ccccc12. The molecule has 92 valence electrons. The van der Waals surface area contributed by atoms with Gasteiger partial charge < -0.3 is 4.74 Å². The molecule has 0 radical (unpaired) electrons. The van der Waals surface area contributed by atoms with E-state index >= 15 is 0 Å². The second-order valence-electron chi connectivity index (χ2n) is 6.16. The van der Waals surface area contributed by atoms with Crippen LogP contribution in [0.1, 0.15) is 53.2 Å². The number of fused-ring (bicyclic) bond motifs is 5. The Bertz CT molecular complexity index is 521. The molecule has 17 heavy (non-hydrogen) atoms. The summed E-state index contributed by atoms with van der Waals surface area (Å²) in [5.41, 5.74) is 1.95. The highest BCUT2D eigenvalue weighted by atomic mass is 32.2. The molecular weight excluding hydrogens is 228 g/mol. The number of thioether (sulfide) groups is 1. The van der Waals surface area contributed by atoms with Crippen LogP contribution in [0.2, 0.25) is 0 Å². The van der Waals surface area contributed by atoms with Crippen molar-refractivity contribution in [3.05, 3.63) is 35.4 Å². The topological polar surface area (TPSA) is 9.23 Å². The maximum Gasteiger partial charge on any atom is 0.138 e. The molecule has 2 heterocycles. The van der Waals surface area contributed by atoms with E-state index in [-0.39, 0.29) is 10.2 Å². The van der Waals surface area contributed by atoms with E-state index in [9.17, 15) is 0 Å². The van der Waals surface area contributed by atoms with E-state index in [0.717, 1.165) is 5.56 Å². The summed E-state index contributed by atoms with van der Waals surface area (Å²) in [5.74, 6) is 0. The van der Waals surface area contributed by atoms with Crippen LogP contribution in [0.4, 0.5) is 0 Å². The van der Waals surface area contributed by atoms with Crippen LogP contribution in [0.25, 0.3) is 0 Å². The van der Waals surface area contributed by atoms with E-state index in [2.05, 4.69) is 46.8 Å². The Morgan fingerprint density at radius 2 is 1.82 bits per heavy atom. The second-order valence-corrected chi connectivity index (χ2v) is 8.16. The van der Waals surface area contributed by atoms with Crippen LogP contribution in [-0.2, 0) is 9.67 Å². The fraction of sp³-hybridized carbons (Fsp3) is 0.600. The Morgan fingerprint density at radius 3 is 2.53 bits per heavy atom. The van der Waals surface area contributed by atoms with Crippen LogP contribution < -0.4 is 0 Å². The third-order valence-electron chi connectivity index (χ3n) is 4.48. The van der Waals surface area contributed by atoms with Crippen LogP contribution in [0.15, 0.2) is 24.3 Å². The summed E-state index contributed by atoms with van der Waals surface area (Å²) in [6.45, 7) is 10.9. The van der Waals surface area contributed by atoms with E-state index in [0.29, 0.717) is 0 Å². The van der Waals surface area contributed by atoms with E-state index in [1.165, 1.54) is 5.56 Å². The Labute approximate surface area is 109 Å². The third-order valence-corrected chi connectivity index (χ3v) is 6.19. The van der Waals surface area contributed by atoms with Gasteiger partial charge in [-0.3, -0.25) is 0 Å². The molecule has 0 amide bonds. The fourth-order valence-electron chi connectivity index (χ4n) is 2.81. The van der Waals surface area contributed by atoms with E-state index < -0.39 is 11.0 Å². The summed E-state index contributed by atoms with van der Waals surface area (Å²) < 4.78 is 15.2. The lowest BCUT2D eigenvalue weighted by atomic mass is 9.73. The monoisotopic (exact) mass is 249 g/mol. The van der Waals surface area contributed by atoms with Crippen molar-refractivity contribution in [3.63, 3.8) is 0 Å². The van der Waals surface area contributed by atoms with Gasteiger partial charge in [0, 0.05) is 10.2 Å². The van der Waals surface area contributed by atoms with Gasteiger partial charge in [-0.2, -0.15) is 0 Å². The molecule has 3 rings (SSSR count). The highest BCUT2D eigenvalue weighted by Gasteiger charge is 2.60. The number of hydrogen-bond donors (Lipinski definition) is 0. The summed E-state index contributed by atoms with van der Waals surface area (Å²) >= 11 is 1.84. The molecule has 2 aliphatic heterocycles. The molecule has 1 nitrogen and oxygen atoms in total. The van der Waals surface area contributed by atoms with E-state index in [1.54, 1.807) is 0 Å². The average Bonchev–Trinajstić information content (AvgIpc) is 2.46. The normalized spacial score (nSPS) is 41.8. The molecule has 1 aromatic rings. The number of ether oxygens (including phenoxy) is 1. The van der Waals surface area contributed by atoms with Gasteiger partial charge in [0.1, 0.15) is 4.93 Å². The minimum Gasteiger partial charge on any atom is -0.352 e. The summed E-state index contributed by atoms with van der Waals surface area (Å²) in [4.78, 5) is -0.392. The van der Waals surface area contributed by atoms with Gasteiger partial charge in [0.25, 0.3) is 0 Å². The molecule has 1 aromatic carbocycles. The number of hydrogen-bond acceptors (Lipinski definition) is 2. The van der Waals surface area contributed by atoms with Gasteiger partial charge in [-0.05, 0) is 31.9 Å². The quantitative estimate of drug-likeness (QED) is 0.670. The van der Waals surface area contributed by atoms with Crippen LogP contribution >= 0.6 is 11.8 Å². The van der Waals surface area contributed by atoms with Crippen molar-refractivity contribution < 1.29 is 6.11 Å². The van der Waals surface area contributed by atoms with Gasteiger partial charge in [-0.1, -0.05) is 38.1 Å². The summed E-state index contributed by atoms with van der Waals surface area (Å²) in [5, 5.41) is 0. The summed E-state index contributed by atoms with van der Waals surface area (Å²) in [6.07, 6.45) is -0.951. The van der Waals surface area contributed by atoms with E-state index in [4.69, 9.17) is 6.11 Å². The highest BCUT2D eigenvalue weighted by Crippen LogP contribution is 2.68. The lowest BCUT2D eigenvalue weighted by Gasteiger charge is -2.52. The molecule has 0 aliphatic carbocycles. The Morgan fingerprint density at radius 1 is 1.18 bits per heavy atom. The average molecular weight is 249 g/mol.